The van der Waals surface area contributed by atoms with E-state index in [1.54, 1.807) is 0 Å². The Balaban J connectivity index is 0.00000256. The molecule has 1 N–H and O–H groups in total. The predicted molar refractivity (Wildman–Crippen MR) is 122 cm³/mol. The van der Waals surface area contributed by atoms with Crippen LogP contribution in [0.15, 0.2) is 24.3 Å². The number of benzene rings is 1. The van der Waals surface area contributed by atoms with Gasteiger partial charge < -0.3 is 10.2 Å². The lowest BCUT2D eigenvalue weighted by atomic mass is 9.64. The van der Waals surface area contributed by atoms with Gasteiger partial charge in [0.05, 0.1) is 0 Å². The zero-order valence-corrected chi connectivity index (χ0v) is 19.0. The number of nitrogens with one attached hydrogen (secondary N) is 1. The first-order valence-electron chi connectivity index (χ1n) is 11.4. The van der Waals surface area contributed by atoms with Crippen LogP contribution in [0, 0.1) is 5.92 Å². The Hall–Kier alpha value is -1.59. The zero-order chi connectivity index (χ0) is 20.3. The number of hydrogen-bond acceptors (Lipinski definition) is 3. The fourth-order valence-corrected chi connectivity index (χ4v) is 5.55. The third-order valence-corrected chi connectivity index (χ3v) is 7.54. The molecular weight excluding hydrogens is 398 g/mol. The number of hydrogen-bond donors (Lipinski definition) is 1. The number of rotatable bonds is 6. The molecule has 30 heavy (non-hydrogen) atoms. The molecule has 2 heterocycles. The number of likely N-dealkylation sites (tertiary alicyclic amines) is 2. The number of amides is 2. The van der Waals surface area contributed by atoms with Crippen molar-refractivity contribution in [3.05, 3.63) is 35.4 Å². The van der Waals surface area contributed by atoms with Crippen LogP contribution in [-0.2, 0) is 10.2 Å². The largest absolute Gasteiger partial charge is 0.358 e. The molecule has 3 fully saturated rings. The van der Waals surface area contributed by atoms with Crippen molar-refractivity contribution in [3.63, 3.8) is 0 Å². The quantitative estimate of drug-likeness (QED) is 0.697. The SMILES string of the molecule is CC1CCCN(C2CCN(C(=O)c3ccc(C4(CNC=O)CCC4)cc3)CC2)C1.Cl. The number of carbonyl (C=O) groups excluding carboxylic acids is 2. The van der Waals surface area contributed by atoms with Crippen LogP contribution in [0.4, 0.5) is 0 Å². The van der Waals surface area contributed by atoms with E-state index in [9.17, 15) is 9.59 Å². The van der Waals surface area contributed by atoms with Gasteiger partial charge in [-0.3, -0.25) is 14.5 Å². The predicted octanol–water partition coefficient (Wildman–Crippen LogP) is 3.61. The van der Waals surface area contributed by atoms with E-state index in [-0.39, 0.29) is 23.7 Å². The van der Waals surface area contributed by atoms with Gasteiger partial charge in [-0.05, 0) is 68.7 Å². The van der Waals surface area contributed by atoms with Gasteiger partial charge in [-0.15, -0.1) is 12.4 Å². The Bertz CT molecular complexity index is 712. The summed E-state index contributed by atoms with van der Waals surface area (Å²) in [6.45, 7) is 7.22. The highest BCUT2D eigenvalue weighted by Gasteiger charge is 2.38. The third kappa shape index (κ3) is 4.83. The van der Waals surface area contributed by atoms with Gasteiger partial charge in [0.25, 0.3) is 5.91 Å². The van der Waals surface area contributed by atoms with E-state index in [0.717, 1.165) is 56.7 Å². The molecule has 0 aromatic heterocycles. The van der Waals surface area contributed by atoms with Crippen molar-refractivity contribution in [1.29, 1.82) is 0 Å². The van der Waals surface area contributed by atoms with E-state index in [0.29, 0.717) is 12.6 Å². The minimum atomic E-state index is 0. The summed E-state index contributed by atoms with van der Waals surface area (Å²) >= 11 is 0. The number of halogens is 1. The van der Waals surface area contributed by atoms with Crippen molar-refractivity contribution in [2.45, 2.75) is 63.3 Å². The zero-order valence-electron chi connectivity index (χ0n) is 18.1. The van der Waals surface area contributed by atoms with Crippen LogP contribution in [-0.4, -0.2) is 60.9 Å². The second-order valence-corrected chi connectivity index (χ2v) is 9.48. The maximum atomic E-state index is 13.0. The average Bonchev–Trinajstić information content (AvgIpc) is 2.73. The highest BCUT2D eigenvalue weighted by atomic mass is 35.5. The maximum Gasteiger partial charge on any atom is 0.253 e. The van der Waals surface area contributed by atoms with Gasteiger partial charge in [0, 0.05) is 43.2 Å². The van der Waals surface area contributed by atoms with Crippen molar-refractivity contribution in [3.8, 4) is 0 Å². The van der Waals surface area contributed by atoms with E-state index in [4.69, 9.17) is 0 Å². The molecule has 0 bridgehead atoms. The molecule has 2 saturated heterocycles. The first-order valence-corrected chi connectivity index (χ1v) is 11.4. The molecule has 1 unspecified atom stereocenters. The Morgan fingerprint density at radius 3 is 2.37 bits per heavy atom. The monoisotopic (exact) mass is 433 g/mol. The van der Waals surface area contributed by atoms with Crippen LogP contribution in [0.25, 0.3) is 0 Å². The number of nitrogens with zero attached hydrogens (tertiary/aromatic N) is 2. The minimum Gasteiger partial charge on any atom is -0.358 e. The standard InChI is InChI=1S/C24H35N3O2.ClH/c1-19-4-2-13-27(16-19)22-9-14-26(15-10-22)23(29)20-5-7-21(8-6-20)24(11-3-12-24)17-25-18-28;/h5-8,18-19,22H,2-4,9-17H2,1H3,(H,25,28);1H. The van der Waals surface area contributed by atoms with Gasteiger partial charge in [-0.25, -0.2) is 0 Å². The maximum absolute atomic E-state index is 13.0. The summed E-state index contributed by atoms with van der Waals surface area (Å²) in [5, 5.41) is 2.85. The van der Waals surface area contributed by atoms with E-state index >= 15 is 0 Å². The lowest BCUT2D eigenvalue weighted by Gasteiger charge is -2.42. The molecule has 3 aliphatic rings. The van der Waals surface area contributed by atoms with Crippen LogP contribution in [0.2, 0.25) is 0 Å². The van der Waals surface area contributed by atoms with Crippen molar-refractivity contribution in [2.24, 2.45) is 5.92 Å². The summed E-state index contributed by atoms with van der Waals surface area (Å²) < 4.78 is 0. The second kappa shape index (κ2) is 10.1. The summed E-state index contributed by atoms with van der Waals surface area (Å²) in [7, 11) is 0. The highest BCUT2D eigenvalue weighted by molar-refractivity contribution is 5.94. The fraction of sp³-hybridized carbons (Fsp3) is 0.667. The first-order chi connectivity index (χ1) is 14.1. The third-order valence-electron chi connectivity index (χ3n) is 7.54. The molecule has 5 nitrogen and oxygen atoms in total. The Kier molecular flexibility index (Phi) is 7.81. The number of carbonyl (C=O) groups is 2. The van der Waals surface area contributed by atoms with Crippen LogP contribution in [0.1, 0.15) is 67.8 Å². The average molecular weight is 434 g/mol. The molecule has 0 spiro atoms. The first kappa shape index (κ1) is 23.1. The molecule has 2 aliphatic heterocycles. The van der Waals surface area contributed by atoms with Gasteiger partial charge in [0.2, 0.25) is 6.41 Å². The molecular formula is C24H36ClN3O2. The van der Waals surface area contributed by atoms with Gasteiger partial charge >= 0.3 is 0 Å². The van der Waals surface area contributed by atoms with Crippen molar-refractivity contribution in [2.75, 3.05) is 32.7 Å². The van der Waals surface area contributed by atoms with Crippen molar-refractivity contribution >= 4 is 24.7 Å². The molecule has 0 radical (unpaired) electrons. The Labute approximate surface area is 187 Å². The molecule has 1 atom stereocenters. The fourth-order valence-electron chi connectivity index (χ4n) is 5.55. The summed E-state index contributed by atoms with van der Waals surface area (Å²) in [5.74, 6) is 0.971. The normalized spacial score (nSPS) is 24.4. The van der Waals surface area contributed by atoms with Gasteiger partial charge in [0.1, 0.15) is 0 Å². The number of piperidine rings is 2. The van der Waals surface area contributed by atoms with Crippen LogP contribution in [0.3, 0.4) is 0 Å². The molecule has 1 aromatic carbocycles. The summed E-state index contributed by atoms with van der Waals surface area (Å²) in [5.41, 5.74) is 2.09. The molecule has 1 aromatic rings. The van der Waals surface area contributed by atoms with Gasteiger partial charge in [-0.2, -0.15) is 0 Å². The van der Waals surface area contributed by atoms with Crippen molar-refractivity contribution < 1.29 is 9.59 Å². The van der Waals surface area contributed by atoms with Crippen molar-refractivity contribution in [1.82, 2.24) is 15.1 Å². The lowest BCUT2D eigenvalue weighted by Crippen LogP contribution is -2.49. The molecule has 1 aliphatic carbocycles. The molecule has 2 amide bonds. The van der Waals surface area contributed by atoms with E-state index < -0.39 is 0 Å². The Morgan fingerprint density at radius 1 is 1.10 bits per heavy atom. The van der Waals surface area contributed by atoms with E-state index in [1.807, 2.05) is 17.0 Å². The lowest BCUT2D eigenvalue weighted by molar-refractivity contribution is -0.109. The molecule has 166 valence electrons. The summed E-state index contributed by atoms with van der Waals surface area (Å²) in [6, 6.07) is 8.81. The Morgan fingerprint density at radius 2 is 1.80 bits per heavy atom. The van der Waals surface area contributed by atoms with Crippen LogP contribution in [0.5, 0.6) is 0 Å². The minimum absolute atomic E-state index is 0. The highest BCUT2D eigenvalue weighted by Crippen LogP contribution is 2.43. The summed E-state index contributed by atoms with van der Waals surface area (Å²) in [6.07, 6.45) is 9.05. The molecule has 6 heteroatoms. The van der Waals surface area contributed by atoms with Gasteiger partial charge in [-0.1, -0.05) is 25.5 Å². The smallest absolute Gasteiger partial charge is 0.253 e. The summed E-state index contributed by atoms with van der Waals surface area (Å²) in [4.78, 5) is 28.4. The second-order valence-electron chi connectivity index (χ2n) is 9.48. The van der Waals surface area contributed by atoms with Crippen LogP contribution >= 0.6 is 12.4 Å². The van der Waals surface area contributed by atoms with E-state index in [1.165, 1.54) is 37.9 Å². The van der Waals surface area contributed by atoms with E-state index in [2.05, 4.69) is 29.3 Å². The van der Waals surface area contributed by atoms with Gasteiger partial charge in [0.15, 0.2) is 0 Å². The molecule has 4 rings (SSSR count). The van der Waals surface area contributed by atoms with Crippen LogP contribution < -0.4 is 5.32 Å². The molecule has 1 saturated carbocycles. The topological polar surface area (TPSA) is 52.6 Å².